The van der Waals surface area contributed by atoms with E-state index in [-0.39, 0.29) is 24.3 Å². The number of nitrogens with zero attached hydrogens (tertiary/aromatic N) is 2. The molecule has 1 aliphatic heterocycles. The van der Waals surface area contributed by atoms with Crippen LogP contribution in [0.2, 0.25) is 10.0 Å². The number of anilines is 1. The number of hydrogen-bond acceptors (Lipinski definition) is 8. The molecule has 0 spiro atoms. The zero-order valence-corrected chi connectivity index (χ0v) is 28.5. The van der Waals surface area contributed by atoms with E-state index in [0.29, 0.717) is 23.0 Å². The van der Waals surface area contributed by atoms with E-state index in [1.165, 1.54) is 31.4 Å². The molecule has 3 aromatic rings. The van der Waals surface area contributed by atoms with Crippen molar-refractivity contribution >= 4 is 88.4 Å². The number of thioether (sulfide) groups is 1. The number of halogens is 2. The highest BCUT2D eigenvalue weighted by Gasteiger charge is 2.26. The fourth-order valence-electron chi connectivity index (χ4n) is 4.55. The molecule has 0 atom stereocenters. The Morgan fingerprint density at radius 3 is 2.07 bits per heavy atom. The highest BCUT2D eigenvalue weighted by Crippen LogP contribution is 2.48. The van der Waals surface area contributed by atoms with E-state index >= 15 is 0 Å². The predicted octanol–water partition coefficient (Wildman–Crippen LogP) is 7.57. The smallest absolute Gasteiger partial charge is 0.264 e. The predicted molar refractivity (Wildman–Crippen MR) is 179 cm³/mol. The fraction of sp³-hybridized carbons (Fsp3) is 0.429. The Morgan fingerprint density at radius 1 is 0.881 bits per heavy atom. The maximum atomic E-state index is 11.3. The van der Waals surface area contributed by atoms with Gasteiger partial charge in [0.15, 0.2) is 0 Å². The van der Waals surface area contributed by atoms with Gasteiger partial charge in [-0.1, -0.05) is 55.7 Å². The maximum absolute atomic E-state index is 11.3. The van der Waals surface area contributed by atoms with E-state index in [1.54, 1.807) is 23.5 Å². The summed E-state index contributed by atoms with van der Waals surface area (Å²) in [6.45, 7) is 10.5. The van der Waals surface area contributed by atoms with Crippen molar-refractivity contribution in [1.29, 1.82) is 0 Å². The van der Waals surface area contributed by atoms with Crippen LogP contribution in [0.1, 0.15) is 44.1 Å². The third-order valence-electron chi connectivity index (χ3n) is 6.69. The number of fused-ring (bicyclic) bond motifs is 2. The largest absolute Gasteiger partial charge is 0.335 e. The number of rotatable bonds is 12. The molecule has 1 aromatic heterocycles. The maximum Gasteiger partial charge on any atom is 0.264 e. The Hall–Kier alpha value is -1.35. The molecule has 2 aromatic carbocycles. The Kier molecular flexibility index (Phi) is 13.0. The second kappa shape index (κ2) is 15.6. The lowest BCUT2D eigenvalue weighted by Gasteiger charge is -2.20. The molecule has 0 aliphatic carbocycles. The summed E-state index contributed by atoms with van der Waals surface area (Å²) in [6.07, 6.45) is 2.87. The second-order valence-corrected chi connectivity index (χ2v) is 15.7. The normalized spacial score (nSPS) is 14.5. The topological polar surface area (TPSA) is 115 Å². The summed E-state index contributed by atoms with van der Waals surface area (Å²) in [5.74, 6) is -0.707. The van der Waals surface area contributed by atoms with Crippen LogP contribution in [0, 0.1) is 0 Å². The molecule has 0 fully saturated rings. The van der Waals surface area contributed by atoms with Crippen LogP contribution in [0.5, 0.6) is 0 Å². The molecular weight excluding hydrogens is 659 g/mol. The Morgan fingerprint density at radius 2 is 1.48 bits per heavy atom. The van der Waals surface area contributed by atoms with E-state index in [0.717, 1.165) is 36.1 Å². The van der Waals surface area contributed by atoms with Gasteiger partial charge < -0.3 is 9.80 Å². The quantitative estimate of drug-likeness (QED) is 0.185. The van der Waals surface area contributed by atoms with Crippen LogP contribution in [0.4, 0.5) is 5.69 Å². The zero-order chi connectivity index (χ0) is 31.1. The van der Waals surface area contributed by atoms with Gasteiger partial charge in [-0.05, 0) is 92.3 Å². The van der Waals surface area contributed by atoms with E-state index in [9.17, 15) is 16.8 Å². The highest BCUT2D eigenvalue weighted by molar-refractivity contribution is 8.04. The van der Waals surface area contributed by atoms with Crippen molar-refractivity contribution in [1.82, 2.24) is 4.90 Å². The van der Waals surface area contributed by atoms with Crippen LogP contribution in [-0.4, -0.2) is 68.5 Å². The minimum atomic E-state index is -4.09. The number of aryl methyl sites for hydroxylation is 1. The molecule has 0 saturated carbocycles. The Labute approximate surface area is 267 Å². The average molecular weight is 696 g/mol. The van der Waals surface area contributed by atoms with E-state index < -0.39 is 20.2 Å². The van der Waals surface area contributed by atoms with Crippen molar-refractivity contribution in [2.45, 2.75) is 44.9 Å². The molecule has 2 N–H and O–H groups in total. The number of benzene rings is 2. The average Bonchev–Trinajstić information content (AvgIpc) is 3.41. The fourth-order valence-corrected chi connectivity index (χ4v) is 8.24. The minimum Gasteiger partial charge on any atom is -0.335 e. The number of hydrogen-bond donors (Lipinski definition) is 2. The van der Waals surface area contributed by atoms with Gasteiger partial charge in [-0.25, -0.2) is 0 Å². The van der Waals surface area contributed by atoms with Crippen LogP contribution in [0.15, 0.2) is 46.3 Å². The molecular formula is C28H36Cl2N2O6S4. The summed E-state index contributed by atoms with van der Waals surface area (Å²) in [5.41, 5.74) is 1.78. The number of thiophene rings is 1. The molecule has 8 nitrogen and oxygen atoms in total. The summed E-state index contributed by atoms with van der Waals surface area (Å²) in [5, 5.41) is 2.89. The van der Waals surface area contributed by atoms with Crippen LogP contribution in [0.3, 0.4) is 0 Å². The molecule has 0 radical (unpaired) electrons. The van der Waals surface area contributed by atoms with Gasteiger partial charge in [-0.15, -0.1) is 11.3 Å². The van der Waals surface area contributed by atoms with Crippen molar-refractivity contribution < 1.29 is 25.9 Å². The zero-order valence-electron chi connectivity index (χ0n) is 23.7. The van der Waals surface area contributed by atoms with E-state index in [2.05, 4.69) is 25.7 Å². The lowest BCUT2D eigenvalue weighted by Crippen LogP contribution is -2.21. The monoisotopic (exact) mass is 694 g/mol. The van der Waals surface area contributed by atoms with Crippen molar-refractivity contribution in [2.75, 3.05) is 42.6 Å². The lowest BCUT2D eigenvalue weighted by atomic mass is 10.1. The van der Waals surface area contributed by atoms with Gasteiger partial charge >= 0.3 is 0 Å². The van der Waals surface area contributed by atoms with Crippen molar-refractivity contribution in [3.05, 3.63) is 61.9 Å². The Balaban J connectivity index is 0.000000616. The van der Waals surface area contributed by atoms with Crippen molar-refractivity contribution in [2.24, 2.45) is 0 Å². The third-order valence-corrected chi connectivity index (χ3v) is 11.0. The molecule has 1 aliphatic rings. The first kappa shape index (κ1) is 35.1. The first-order chi connectivity index (χ1) is 19.7. The van der Waals surface area contributed by atoms with Gasteiger partial charge in [0, 0.05) is 31.1 Å². The Bertz CT molecular complexity index is 1610. The van der Waals surface area contributed by atoms with E-state index in [1.807, 2.05) is 35.2 Å². The van der Waals surface area contributed by atoms with Gasteiger partial charge in [0.25, 0.3) is 20.2 Å². The second-order valence-electron chi connectivity index (χ2n) is 9.58. The van der Waals surface area contributed by atoms with Crippen LogP contribution in [0.25, 0.3) is 16.2 Å². The summed E-state index contributed by atoms with van der Waals surface area (Å²) < 4.78 is 64.3. The van der Waals surface area contributed by atoms with E-state index in [4.69, 9.17) is 32.3 Å². The lowest BCUT2D eigenvalue weighted by molar-refractivity contribution is 0.321. The highest BCUT2D eigenvalue weighted by atomic mass is 35.5. The molecule has 42 heavy (non-hydrogen) atoms. The van der Waals surface area contributed by atoms with Gasteiger partial charge in [0.05, 0.1) is 22.2 Å². The SMILES string of the molecule is CCN(CC)CC.O=S(=O)(O)CCCc1c(/C=C2\Sc3ccc(Cl)cc3N2CCCS(=O)(=O)O)sc2ccc(Cl)cc12. The summed E-state index contributed by atoms with van der Waals surface area (Å²) >= 11 is 15.5. The third kappa shape index (κ3) is 10.4. The first-order valence-corrected chi connectivity index (χ1v) is 19.2. The molecule has 0 amide bonds. The first-order valence-electron chi connectivity index (χ1n) is 13.5. The van der Waals surface area contributed by atoms with Crippen LogP contribution >= 0.6 is 46.3 Å². The summed E-state index contributed by atoms with van der Waals surface area (Å²) in [4.78, 5) is 6.22. The molecule has 2 heterocycles. The van der Waals surface area contributed by atoms with Gasteiger partial charge in [-0.2, -0.15) is 16.8 Å². The summed E-state index contributed by atoms with van der Waals surface area (Å²) in [7, 11) is -8.17. The molecule has 232 valence electrons. The molecule has 0 bridgehead atoms. The standard InChI is InChI=1S/C22H21Cl2NO6S4.C6H15N/c23-14-4-6-19-17(11-14)16(3-1-9-34(26,27)28)21(32-19)13-22-25(8-2-10-35(29,30)31)18-12-15(24)5-7-20(18)33-22;1-4-7(5-2)6-3/h4-7,11-13H,1-3,8-10H2,(H,26,27,28)(H,29,30,31);4-6H2,1-3H3/b22-13-;. The van der Waals surface area contributed by atoms with Gasteiger partial charge in [0.1, 0.15) is 0 Å². The molecule has 0 saturated heterocycles. The van der Waals surface area contributed by atoms with Crippen LogP contribution in [-0.2, 0) is 26.7 Å². The minimum absolute atomic E-state index is 0.214. The van der Waals surface area contributed by atoms with Gasteiger partial charge in [0.2, 0.25) is 0 Å². The molecule has 14 heteroatoms. The molecule has 4 rings (SSSR count). The van der Waals surface area contributed by atoms with Gasteiger partial charge in [-0.3, -0.25) is 9.11 Å². The summed E-state index contributed by atoms with van der Waals surface area (Å²) in [6, 6.07) is 11.1. The van der Waals surface area contributed by atoms with Crippen LogP contribution < -0.4 is 4.90 Å². The van der Waals surface area contributed by atoms with Crippen molar-refractivity contribution in [3.8, 4) is 0 Å². The van der Waals surface area contributed by atoms with Crippen molar-refractivity contribution in [3.63, 3.8) is 0 Å². The molecule has 0 unspecified atom stereocenters.